The zero-order chi connectivity index (χ0) is 16.2. The summed E-state index contributed by atoms with van der Waals surface area (Å²) in [6.07, 6.45) is 5.44. The summed E-state index contributed by atoms with van der Waals surface area (Å²) in [6.45, 7) is 7.32. The first-order chi connectivity index (χ1) is 11.9. The van der Waals surface area contributed by atoms with E-state index in [0.29, 0.717) is 12.0 Å². The lowest BCUT2D eigenvalue weighted by atomic mass is 9.93. The van der Waals surface area contributed by atoms with Crippen molar-refractivity contribution in [2.24, 2.45) is 5.92 Å². The first-order valence-corrected chi connectivity index (χ1v) is 9.72. The number of thiophene rings is 1. The quantitative estimate of drug-likeness (QED) is 0.853. The molecule has 5 heteroatoms. The summed E-state index contributed by atoms with van der Waals surface area (Å²) >= 11 is 1.86. The van der Waals surface area contributed by atoms with E-state index in [2.05, 4.69) is 38.4 Å². The highest BCUT2D eigenvalue weighted by Gasteiger charge is 2.33. The average Bonchev–Trinajstić information content (AvgIpc) is 3.02. The number of piperidine rings is 1. The van der Waals surface area contributed by atoms with Gasteiger partial charge < -0.3 is 4.74 Å². The lowest BCUT2D eigenvalue weighted by Gasteiger charge is -2.37. The number of hydrogen-bond donors (Lipinski definition) is 0. The summed E-state index contributed by atoms with van der Waals surface area (Å²) in [6, 6.07) is 8.57. The first kappa shape index (κ1) is 16.2. The van der Waals surface area contributed by atoms with Crippen molar-refractivity contribution in [1.29, 1.82) is 0 Å². The molecule has 2 aromatic heterocycles. The molecule has 0 saturated carbocycles. The molecule has 0 amide bonds. The van der Waals surface area contributed by atoms with Crippen molar-refractivity contribution in [2.45, 2.75) is 25.6 Å². The minimum Gasteiger partial charge on any atom is -0.375 e. The number of aromatic nitrogens is 1. The smallest absolute Gasteiger partial charge is 0.0743 e. The molecule has 0 spiro atoms. The lowest BCUT2D eigenvalue weighted by Crippen LogP contribution is -2.46. The topological polar surface area (TPSA) is 28.6 Å². The van der Waals surface area contributed by atoms with Gasteiger partial charge in [0.1, 0.15) is 0 Å². The predicted octanol–water partition coefficient (Wildman–Crippen LogP) is 2.87. The summed E-state index contributed by atoms with van der Waals surface area (Å²) in [5, 5.41) is 2.17. The van der Waals surface area contributed by atoms with Crippen molar-refractivity contribution in [2.75, 3.05) is 32.8 Å². The van der Waals surface area contributed by atoms with Gasteiger partial charge in [-0.1, -0.05) is 12.1 Å². The first-order valence-electron chi connectivity index (χ1n) is 8.84. The molecule has 4 nitrogen and oxygen atoms in total. The third kappa shape index (κ3) is 4.03. The Kier molecular flexibility index (Phi) is 5.23. The van der Waals surface area contributed by atoms with Crippen molar-refractivity contribution in [3.05, 3.63) is 52.5 Å². The molecule has 4 rings (SSSR count). The molecule has 2 atom stereocenters. The van der Waals surface area contributed by atoms with Gasteiger partial charge in [0.05, 0.1) is 12.7 Å². The molecular formula is C19H25N3OS. The Labute approximate surface area is 148 Å². The lowest BCUT2D eigenvalue weighted by molar-refractivity contribution is -0.0239. The summed E-state index contributed by atoms with van der Waals surface area (Å²) in [7, 11) is 0. The van der Waals surface area contributed by atoms with E-state index in [1.54, 1.807) is 0 Å². The Morgan fingerprint density at radius 2 is 2.08 bits per heavy atom. The van der Waals surface area contributed by atoms with Crippen LogP contribution in [0.15, 0.2) is 42.0 Å². The summed E-state index contributed by atoms with van der Waals surface area (Å²) in [4.78, 5) is 10.8. The van der Waals surface area contributed by atoms with Gasteiger partial charge >= 0.3 is 0 Å². The van der Waals surface area contributed by atoms with Crippen LogP contribution in [0.1, 0.15) is 16.9 Å². The molecule has 0 aromatic carbocycles. The average molecular weight is 343 g/mol. The van der Waals surface area contributed by atoms with Crippen LogP contribution >= 0.6 is 11.3 Å². The van der Waals surface area contributed by atoms with Crippen molar-refractivity contribution >= 4 is 11.3 Å². The Morgan fingerprint density at radius 1 is 1.12 bits per heavy atom. The summed E-state index contributed by atoms with van der Waals surface area (Å²) in [5.41, 5.74) is 1.30. The summed E-state index contributed by atoms with van der Waals surface area (Å²) in [5.74, 6) is 0.656. The minimum atomic E-state index is 0.387. The van der Waals surface area contributed by atoms with Crippen molar-refractivity contribution in [3.63, 3.8) is 0 Å². The maximum atomic E-state index is 6.23. The van der Waals surface area contributed by atoms with Crippen LogP contribution in [0.4, 0.5) is 0 Å². The van der Waals surface area contributed by atoms with Crippen LogP contribution < -0.4 is 0 Å². The fourth-order valence-electron chi connectivity index (χ4n) is 3.84. The van der Waals surface area contributed by atoms with Crippen LogP contribution in [0.2, 0.25) is 0 Å². The normalized spacial score (nSPS) is 26.0. The molecule has 2 aliphatic heterocycles. The highest BCUT2D eigenvalue weighted by molar-refractivity contribution is 7.09. The van der Waals surface area contributed by atoms with Crippen LogP contribution in [0.5, 0.6) is 0 Å². The predicted molar refractivity (Wildman–Crippen MR) is 97.0 cm³/mol. The number of pyridine rings is 1. The highest BCUT2D eigenvalue weighted by atomic mass is 32.1. The van der Waals surface area contributed by atoms with Gasteiger partial charge in [0.2, 0.25) is 0 Å². The molecule has 24 heavy (non-hydrogen) atoms. The van der Waals surface area contributed by atoms with Gasteiger partial charge in [0.25, 0.3) is 0 Å². The maximum Gasteiger partial charge on any atom is 0.0743 e. The van der Waals surface area contributed by atoms with E-state index in [1.807, 2.05) is 29.8 Å². The van der Waals surface area contributed by atoms with Crippen molar-refractivity contribution < 1.29 is 4.74 Å². The number of rotatable bonds is 4. The second-order valence-corrected chi connectivity index (χ2v) is 7.90. The Morgan fingerprint density at radius 3 is 2.92 bits per heavy atom. The summed E-state index contributed by atoms with van der Waals surface area (Å²) < 4.78 is 6.23. The van der Waals surface area contributed by atoms with Gasteiger partial charge in [-0.25, -0.2) is 0 Å². The zero-order valence-electron chi connectivity index (χ0n) is 14.0. The fourth-order valence-corrected chi connectivity index (χ4v) is 4.59. The highest BCUT2D eigenvalue weighted by Crippen LogP contribution is 2.26. The van der Waals surface area contributed by atoms with Crippen molar-refractivity contribution in [3.8, 4) is 0 Å². The molecule has 128 valence electrons. The van der Waals surface area contributed by atoms with Crippen LogP contribution in [0.25, 0.3) is 0 Å². The van der Waals surface area contributed by atoms with Gasteiger partial charge in [-0.15, -0.1) is 11.3 Å². The maximum absolute atomic E-state index is 6.23. The van der Waals surface area contributed by atoms with Crippen molar-refractivity contribution in [1.82, 2.24) is 14.8 Å². The van der Waals surface area contributed by atoms with Gasteiger partial charge in [0, 0.05) is 55.9 Å². The molecule has 0 radical (unpaired) electrons. The molecule has 0 aliphatic carbocycles. The van der Waals surface area contributed by atoms with E-state index in [0.717, 1.165) is 39.3 Å². The van der Waals surface area contributed by atoms with E-state index in [9.17, 15) is 0 Å². The Balaban J connectivity index is 1.34. The van der Waals surface area contributed by atoms with E-state index in [4.69, 9.17) is 4.74 Å². The van der Waals surface area contributed by atoms with Crippen LogP contribution in [0, 0.1) is 5.92 Å². The Hall–Kier alpha value is -1.27. The van der Waals surface area contributed by atoms with Crippen LogP contribution in [-0.2, 0) is 17.8 Å². The third-order valence-corrected chi connectivity index (χ3v) is 5.96. The molecule has 2 aromatic rings. The molecule has 2 aliphatic rings. The second-order valence-electron chi connectivity index (χ2n) is 6.87. The fraction of sp³-hybridized carbons (Fsp3) is 0.526. The molecule has 0 unspecified atom stereocenters. The van der Waals surface area contributed by atoms with Crippen LogP contribution in [0.3, 0.4) is 0 Å². The van der Waals surface area contributed by atoms with Crippen LogP contribution in [-0.4, -0.2) is 53.7 Å². The number of hydrogen-bond acceptors (Lipinski definition) is 5. The van der Waals surface area contributed by atoms with Gasteiger partial charge in [-0.2, -0.15) is 0 Å². The van der Waals surface area contributed by atoms with E-state index in [-0.39, 0.29) is 0 Å². The Bertz CT molecular complexity index is 619. The van der Waals surface area contributed by atoms with E-state index >= 15 is 0 Å². The van der Waals surface area contributed by atoms with Gasteiger partial charge in [-0.05, 0) is 36.0 Å². The largest absolute Gasteiger partial charge is 0.375 e. The molecule has 2 fully saturated rings. The molecular weight excluding hydrogens is 318 g/mol. The SMILES string of the molecule is c1cncc(CN2CCO[C@@H]3CN(Cc4cccs4)CC[C@@H]3C2)c1. The number of fused-ring (bicyclic) bond motifs is 1. The molecule has 0 bridgehead atoms. The molecule has 4 heterocycles. The van der Waals surface area contributed by atoms with Gasteiger partial charge in [0.15, 0.2) is 0 Å². The molecule has 0 N–H and O–H groups in total. The van der Waals surface area contributed by atoms with Gasteiger partial charge in [-0.3, -0.25) is 14.8 Å². The number of likely N-dealkylation sites (tertiary alicyclic amines) is 1. The third-order valence-electron chi connectivity index (χ3n) is 5.10. The zero-order valence-corrected chi connectivity index (χ0v) is 14.8. The minimum absolute atomic E-state index is 0.387. The second kappa shape index (κ2) is 7.74. The number of ether oxygens (including phenoxy) is 1. The number of nitrogens with zero attached hydrogens (tertiary/aromatic N) is 3. The van der Waals surface area contributed by atoms with E-state index in [1.165, 1.54) is 23.4 Å². The monoisotopic (exact) mass is 343 g/mol. The standard InChI is InChI=1S/C19H25N3OS/c1-3-16(11-20-6-1)12-22-8-9-23-19-15-21(7-5-17(19)13-22)14-18-4-2-10-24-18/h1-4,6,10-11,17,19H,5,7-9,12-15H2/t17-,19-/m1/s1. The molecule has 2 saturated heterocycles. The van der Waals surface area contributed by atoms with E-state index < -0.39 is 0 Å².